The third kappa shape index (κ3) is 2.72. The average Bonchev–Trinajstić information content (AvgIpc) is 2.39. The molecule has 1 unspecified atom stereocenters. The van der Waals surface area contributed by atoms with E-state index >= 15 is 0 Å². The lowest BCUT2D eigenvalue weighted by Gasteiger charge is -2.26. The van der Waals surface area contributed by atoms with Crippen LogP contribution in [0.2, 0.25) is 5.02 Å². The van der Waals surface area contributed by atoms with Crippen LogP contribution in [0.25, 0.3) is 0 Å². The Kier molecular flexibility index (Phi) is 3.78. The van der Waals surface area contributed by atoms with Crippen LogP contribution in [-0.2, 0) is 5.60 Å². The molecule has 0 aliphatic heterocycles. The first-order valence-electron chi connectivity index (χ1n) is 5.77. The predicted molar refractivity (Wildman–Crippen MR) is 73.1 cm³/mol. The van der Waals surface area contributed by atoms with E-state index in [9.17, 15) is 9.50 Å². The number of benzene rings is 2. The highest BCUT2D eigenvalue weighted by atomic mass is 35.5. The molecule has 0 aliphatic rings. The van der Waals surface area contributed by atoms with Crippen molar-refractivity contribution in [2.75, 3.05) is 7.11 Å². The van der Waals surface area contributed by atoms with Gasteiger partial charge in [-0.1, -0.05) is 23.7 Å². The SMILES string of the molecule is COc1ccc(F)cc1C(C)(O)c1ccc(Cl)cc1. The zero-order valence-electron chi connectivity index (χ0n) is 10.7. The van der Waals surface area contributed by atoms with Gasteiger partial charge in [-0.15, -0.1) is 0 Å². The van der Waals surface area contributed by atoms with Crippen molar-refractivity contribution in [3.8, 4) is 5.75 Å². The van der Waals surface area contributed by atoms with Gasteiger partial charge in [-0.2, -0.15) is 0 Å². The van der Waals surface area contributed by atoms with Crippen molar-refractivity contribution >= 4 is 11.6 Å². The summed E-state index contributed by atoms with van der Waals surface area (Å²) in [5, 5.41) is 11.3. The smallest absolute Gasteiger partial charge is 0.125 e. The van der Waals surface area contributed by atoms with E-state index in [0.29, 0.717) is 21.9 Å². The third-order valence-corrected chi connectivity index (χ3v) is 3.34. The van der Waals surface area contributed by atoms with Gasteiger partial charge in [0.2, 0.25) is 0 Å². The first-order valence-corrected chi connectivity index (χ1v) is 6.15. The van der Waals surface area contributed by atoms with E-state index in [1.807, 2.05) is 0 Å². The molecule has 0 spiro atoms. The predicted octanol–water partition coefficient (Wildman–Crippen LogP) is 3.74. The van der Waals surface area contributed by atoms with Gasteiger partial charge in [-0.25, -0.2) is 4.39 Å². The van der Waals surface area contributed by atoms with Gasteiger partial charge in [0, 0.05) is 10.6 Å². The first-order chi connectivity index (χ1) is 8.95. The van der Waals surface area contributed by atoms with Crippen LogP contribution < -0.4 is 4.74 Å². The van der Waals surface area contributed by atoms with Crippen LogP contribution in [0.4, 0.5) is 4.39 Å². The average molecular weight is 281 g/mol. The zero-order chi connectivity index (χ0) is 14.0. The van der Waals surface area contributed by atoms with Crippen LogP contribution in [0, 0.1) is 5.82 Å². The summed E-state index contributed by atoms with van der Waals surface area (Å²) in [6, 6.07) is 10.8. The maximum Gasteiger partial charge on any atom is 0.125 e. The van der Waals surface area contributed by atoms with Gasteiger partial charge in [0.1, 0.15) is 17.2 Å². The fourth-order valence-electron chi connectivity index (χ4n) is 1.99. The Bertz CT molecular complexity index is 579. The second kappa shape index (κ2) is 5.19. The molecule has 0 heterocycles. The molecule has 2 nitrogen and oxygen atoms in total. The summed E-state index contributed by atoms with van der Waals surface area (Å²) in [6.07, 6.45) is 0. The van der Waals surface area contributed by atoms with Gasteiger partial charge in [0.25, 0.3) is 0 Å². The molecule has 4 heteroatoms. The standard InChI is InChI=1S/C15H14ClFO2/c1-15(18,10-3-5-11(16)6-4-10)13-9-12(17)7-8-14(13)19-2/h3-9,18H,1-2H3. The molecule has 0 bridgehead atoms. The second-order valence-electron chi connectivity index (χ2n) is 4.42. The molecule has 100 valence electrons. The molecular weight excluding hydrogens is 267 g/mol. The van der Waals surface area contributed by atoms with Crippen molar-refractivity contribution in [2.24, 2.45) is 0 Å². The maximum atomic E-state index is 13.4. The summed E-state index contributed by atoms with van der Waals surface area (Å²) in [5.41, 5.74) is -0.379. The number of aliphatic hydroxyl groups is 1. The molecule has 0 saturated carbocycles. The number of rotatable bonds is 3. The Hall–Kier alpha value is -1.58. The summed E-state index contributed by atoms with van der Waals surface area (Å²) >= 11 is 5.83. The highest BCUT2D eigenvalue weighted by Gasteiger charge is 2.29. The molecule has 1 N–H and O–H groups in total. The van der Waals surface area contributed by atoms with Crippen molar-refractivity contribution in [3.05, 3.63) is 64.4 Å². The van der Waals surface area contributed by atoms with Crippen molar-refractivity contribution in [1.82, 2.24) is 0 Å². The highest BCUT2D eigenvalue weighted by molar-refractivity contribution is 6.30. The monoisotopic (exact) mass is 280 g/mol. The Morgan fingerprint density at radius 1 is 1.16 bits per heavy atom. The van der Waals surface area contributed by atoms with Gasteiger partial charge in [-0.05, 0) is 42.8 Å². The van der Waals surface area contributed by atoms with Crippen LogP contribution in [0.5, 0.6) is 5.75 Å². The fraction of sp³-hybridized carbons (Fsp3) is 0.200. The normalized spacial score (nSPS) is 13.9. The highest BCUT2D eigenvalue weighted by Crippen LogP contribution is 2.36. The molecule has 0 fully saturated rings. The molecule has 0 amide bonds. The lowest BCUT2D eigenvalue weighted by atomic mass is 9.87. The molecular formula is C15H14ClFO2. The molecule has 0 aromatic heterocycles. The van der Waals surface area contributed by atoms with Gasteiger partial charge in [0.05, 0.1) is 7.11 Å². The molecule has 19 heavy (non-hydrogen) atoms. The van der Waals surface area contributed by atoms with E-state index in [1.165, 1.54) is 25.3 Å². The van der Waals surface area contributed by atoms with E-state index < -0.39 is 11.4 Å². The second-order valence-corrected chi connectivity index (χ2v) is 4.86. The van der Waals surface area contributed by atoms with Crippen LogP contribution in [0.3, 0.4) is 0 Å². The van der Waals surface area contributed by atoms with E-state index in [1.54, 1.807) is 31.2 Å². The summed E-state index contributed by atoms with van der Waals surface area (Å²) in [4.78, 5) is 0. The van der Waals surface area contributed by atoms with Crippen molar-refractivity contribution in [1.29, 1.82) is 0 Å². The summed E-state index contributed by atoms with van der Waals surface area (Å²) in [6.45, 7) is 1.59. The van der Waals surface area contributed by atoms with Crippen LogP contribution in [0.1, 0.15) is 18.1 Å². The van der Waals surface area contributed by atoms with E-state index in [0.717, 1.165) is 0 Å². The van der Waals surface area contributed by atoms with Gasteiger partial charge in [0.15, 0.2) is 0 Å². The van der Waals surface area contributed by atoms with Gasteiger partial charge >= 0.3 is 0 Å². The number of hydrogen-bond acceptors (Lipinski definition) is 2. The van der Waals surface area contributed by atoms with E-state index in [-0.39, 0.29) is 0 Å². The van der Waals surface area contributed by atoms with Crippen LogP contribution in [-0.4, -0.2) is 12.2 Å². The van der Waals surface area contributed by atoms with Crippen LogP contribution in [0.15, 0.2) is 42.5 Å². The summed E-state index contributed by atoms with van der Waals surface area (Å²) < 4.78 is 18.6. The minimum absolute atomic E-state index is 0.373. The zero-order valence-corrected chi connectivity index (χ0v) is 11.4. The Morgan fingerprint density at radius 3 is 2.37 bits per heavy atom. The number of methoxy groups -OCH3 is 1. The fourth-order valence-corrected chi connectivity index (χ4v) is 2.12. The van der Waals surface area contributed by atoms with E-state index in [4.69, 9.17) is 16.3 Å². The minimum atomic E-state index is -1.36. The van der Waals surface area contributed by atoms with Crippen molar-refractivity contribution < 1.29 is 14.2 Å². The van der Waals surface area contributed by atoms with Crippen molar-refractivity contribution in [2.45, 2.75) is 12.5 Å². The number of hydrogen-bond donors (Lipinski definition) is 1. The van der Waals surface area contributed by atoms with E-state index in [2.05, 4.69) is 0 Å². The van der Waals surface area contributed by atoms with Gasteiger partial charge in [-0.3, -0.25) is 0 Å². The molecule has 0 aliphatic carbocycles. The maximum absolute atomic E-state index is 13.4. The Balaban J connectivity index is 2.55. The molecule has 2 aromatic carbocycles. The van der Waals surface area contributed by atoms with Crippen molar-refractivity contribution in [3.63, 3.8) is 0 Å². The minimum Gasteiger partial charge on any atom is -0.496 e. The molecule has 0 radical (unpaired) electrons. The quantitative estimate of drug-likeness (QED) is 0.928. The van der Waals surface area contributed by atoms with Gasteiger partial charge < -0.3 is 9.84 Å². The number of ether oxygens (including phenoxy) is 1. The Labute approximate surface area is 116 Å². The summed E-state index contributed by atoms with van der Waals surface area (Å²) in [7, 11) is 1.48. The lowest BCUT2D eigenvalue weighted by molar-refractivity contribution is 0.0985. The molecule has 1 atom stereocenters. The summed E-state index contributed by atoms with van der Waals surface area (Å²) in [5.74, 6) is 0.00592. The number of halogens is 2. The third-order valence-electron chi connectivity index (χ3n) is 3.09. The first kappa shape index (κ1) is 13.8. The molecule has 2 aromatic rings. The largest absolute Gasteiger partial charge is 0.496 e. The lowest BCUT2D eigenvalue weighted by Crippen LogP contribution is -2.23. The molecule has 0 saturated heterocycles. The topological polar surface area (TPSA) is 29.5 Å². The molecule has 2 rings (SSSR count). The Morgan fingerprint density at radius 2 is 1.79 bits per heavy atom. The van der Waals surface area contributed by atoms with Crippen LogP contribution >= 0.6 is 11.6 Å².